The second-order valence-corrected chi connectivity index (χ2v) is 4.29. The van der Waals surface area contributed by atoms with Crippen LogP contribution in [0.1, 0.15) is 23.1 Å². The van der Waals surface area contributed by atoms with Crippen LogP contribution >= 0.6 is 0 Å². The van der Waals surface area contributed by atoms with E-state index >= 15 is 0 Å². The molecular formula is C14H15F2N3. The van der Waals surface area contributed by atoms with Gasteiger partial charge in [0.1, 0.15) is 5.82 Å². The van der Waals surface area contributed by atoms with Gasteiger partial charge in [0.15, 0.2) is 11.6 Å². The predicted molar refractivity (Wildman–Crippen MR) is 68.6 cm³/mol. The molecule has 1 atom stereocenters. The summed E-state index contributed by atoms with van der Waals surface area (Å²) in [6.45, 7) is 1.79. The Hall–Kier alpha value is -1.88. The molecule has 0 amide bonds. The first-order chi connectivity index (χ1) is 9.11. The SMILES string of the molecule is CNC(Cc1cccc(F)c1F)c1ccnc(C)n1. The number of hydrogen-bond acceptors (Lipinski definition) is 3. The fourth-order valence-corrected chi connectivity index (χ4v) is 1.95. The minimum atomic E-state index is -0.828. The lowest BCUT2D eigenvalue weighted by Crippen LogP contribution is -2.21. The van der Waals surface area contributed by atoms with Gasteiger partial charge < -0.3 is 5.32 Å². The van der Waals surface area contributed by atoms with Gasteiger partial charge >= 0.3 is 0 Å². The third-order valence-corrected chi connectivity index (χ3v) is 2.96. The largest absolute Gasteiger partial charge is 0.311 e. The number of benzene rings is 1. The van der Waals surface area contributed by atoms with Gasteiger partial charge in [0.25, 0.3) is 0 Å². The summed E-state index contributed by atoms with van der Waals surface area (Å²) in [5.74, 6) is -0.975. The van der Waals surface area contributed by atoms with E-state index in [1.807, 2.05) is 0 Å². The Bertz CT molecular complexity index is 572. The van der Waals surface area contributed by atoms with Crippen molar-refractivity contribution in [2.24, 2.45) is 0 Å². The van der Waals surface area contributed by atoms with Crippen LogP contribution in [-0.2, 0) is 6.42 Å². The molecule has 0 aliphatic rings. The molecule has 0 bridgehead atoms. The smallest absolute Gasteiger partial charge is 0.162 e. The summed E-state index contributed by atoms with van der Waals surface area (Å²) >= 11 is 0. The van der Waals surface area contributed by atoms with Gasteiger partial charge in [-0.25, -0.2) is 18.7 Å². The highest BCUT2D eigenvalue weighted by atomic mass is 19.2. The number of likely N-dealkylation sites (N-methyl/N-ethyl adjacent to an activating group) is 1. The average molecular weight is 263 g/mol. The summed E-state index contributed by atoms with van der Waals surface area (Å²) in [5.41, 5.74) is 1.09. The highest BCUT2D eigenvalue weighted by molar-refractivity contribution is 5.22. The predicted octanol–water partition coefficient (Wildman–Crippen LogP) is 2.57. The van der Waals surface area contributed by atoms with Crippen LogP contribution in [0.2, 0.25) is 0 Å². The lowest BCUT2D eigenvalue weighted by atomic mass is 10.0. The van der Waals surface area contributed by atoms with E-state index in [1.165, 1.54) is 6.07 Å². The molecule has 1 aromatic heterocycles. The Morgan fingerprint density at radius 3 is 2.74 bits per heavy atom. The Kier molecular flexibility index (Phi) is 4.16. The van der Waals surface area contributed by atoms with Gasteiger partial charge in [0.05, 0.1) is 11.7 Å². The number of nitrogens with zero attached hydrogens (tertiary/aromatic N) is 2. The zero-order valence-electron chi connectivity index (χ0n) is 10.8. The van der Waals surface area contributed by atoms with Gasteiger partial charge in [0, 0.05) is 6.20 Å². The molecule has 100 valence electrons. The van der Waals surface area contributed by atoms with Crippen molar-refractivity contribution in [3.8, 4) is 0 Å². The fraction of sp³-hybridized carbons (Fsp3) is 0.286. The third-order valence-electron chi connectivity index (χ3n) is 2.96. The second kappa shape index (κ2) is 5.84. The summed E-state index contributed by atoms with van der Waals surface area (Å²) in [6.07, 6.45) is 1.99. The van der Waals surface area contributed by atoms with Crippen molar-refractivity contribution in [1.82, 2.24) is 15.3 Å². The molecule has 1 aromatic carbocycles. The highest BCUT2D eigenvalue weighted by Gasteiger charge is 2.16. The first kappa shape index (κ1) is 13.5. The zero-order valence-corrected chi connectivity index (χ0v) is 10.8. The minimum absolute atomic E-state index is 0.182. The maximum Gasteiger partial charge on any atom is 0.162 e. The van der Waals surface area contributed by atoms with Gasteiger partial charge in [-0.3, -0.25) is 0 Å². The molecule has 2 aromatic rings. The van der Waals surface area contributed by atoms with Crippen LogP contribution < -0.4 is 5.32 Å². The summed E-state index contributed by atoms with van der Waals surface area (Å²) in [5, 5.41) is 3.06. The number of rotatable bonds is 4. The molecule has 1 N–H and O–H groups in total. The Morgan fingerprint density at radius 1 is 1.26 bits per heavy atom. The van der Waals surface area contributed by atoms with Gasteiger partial charge in [-0.15, -0.1) is 0 Å². The van der Waals surface area contributed by atoms with E-state index in [1.54, 1.807) is 32.3 Å². The number of aryl methyl sites for hydroxylation is 1. The normalized spacial score (nSPS) is 12.4. The lowest BCUT2D eigenvalue weighted by molar-refractivity contribution is 0.484. The first-order valence-electron chi connectivity index (χ1n) is 6.01. The number of aromatic nitrogens is 2. The lowest BCUT2D eigenvalue weighted by Gasteiger charge is -2.16. The van der Waals surface area contributed by atoms with Crippen molar-refractivity contribution in [2.75, 3.05) is 7.05 Å². The molecule has 5 heteroatoms. The fourth-order valence-electron chi connectivity index (χ4n) is 1.95. The first-order valence-corrected chi connectivity index (χ1v) is 6.01. The molecular weight excluding hydrogens is 248 g/mol. The summed E-state index contributed by atoms with van der Waals surface area (Å²) < 4.78 is 26.8. The maximum absolute atomic E-state index is 13.7. The number of nitrogens with one attached hydrogen (secondary N) is 1. The van der Waals surface area contributed by atoms with Crippen molar-refractivity contribution in [1.29, 1.82) is 0 Å². The molecule has 0 spiro atoms. The molecule has 0 aliphatic heterocycles. The number of hydrogen-bond donors (Lipinski definition) is 1. The van der Waals surface area contributed by atoms with E-state index in [-0.39, 0.29) is 6.04 Å². The Labute approximate surface area is 110 Å². The summed E-state index contributed by atoms with van der Waals surface area (Å²) in [6, 6.07) is 5.79. The molecule has 0 aliphatic carbocycles. The van der Waals surface area contributed by atoms with Crippen LogP contribution in [0.4, 0.5) is 8.78 Å². The van der Waals surface area contributed by atoms with Crippen molar-refractivity contribution in [3.63, 3.8) is 0 Å². The monoisotopic (exact) mass is 263 g/mol. The molecule has 3 nitrogen and oxygen atoms in total. The van der Waals surface area contributed by atoms with Gasteiger partial charge in [-0.1, -0.05) is 12.1 Å². The quantitative estimate of drug-likeness (QED) is 0.921. The zero-order chi connectivity index (χ0) is 13.8. The Balaban J connectivity index is 2.26. The molecule has 0 saturated carbocycles. The molecule has 19 heavy (non-hydrogen) atoms. The molecule has 0 fully saturated rings. The van der Waals surface area contributed by atoms with Crippen molar-refractivity contribution < 1.29 is 8.78 Å². The van der Waals surface area contributed by atoms with Gasteiger partial charge in [0.2, 0.25) is 0 Å². The van der Waals surface area contributed by atoms with Gasteiger partial charge in [-0.2, -0.15) is 0 Å². The van der Waals surface area contributed by atoms with E-state index in [0.717, 1.165) is 11.8 Å². The van der Waals surface area contributed by atoms with Gasteiger partial charge in [-0.05, 0) is 38.1 Å². The highest BCUT2D eigenvalue weighted by Crippen LogP contribution is 2.19. The van der Waals surface area contributed by atoms with Crippen LogP contribution in [0.3, 0.4) is 0 Å². The van der Waals surface area contributed by atoms with E-state index in [0.29, 0.717) is 17.8 Å². The van der Waals surface area contributed by atoms with Crippen molar-refractivity contribution >= 4 is 0 Å². The molecule has 1 heterocycles. The second-order valence-electron chi connectivity index (χ2n) is 4.29. The molecule has 0 saturated heterocycles. The Morgan fingerprint density at radius 2 is 2.05 bits per heavy atom. The van der Waals surface area contributed by atoms with E-state index < -0.39 is 11.6 Å². The van der Waals surface area contributed by atoms with Crippen molar-refractivity contribution in [2.45, 2.75) is 19.4 Å². The van der Waals surface area contributed by atoms with E-state index in [9.17, 15) is 8.78 Å². The average Bonchev–Trinajstić information content (AvgIpc) is 2.40. The van der Waals surface area contributed by atoms with Crippen molar-refractivity contribution in [3.05, 3.63) is 59.2 Å². The van der Waals surface area contributed by atoms with E-state index in [4.69, 9.17) is 0 Å². The number of halogens is 2. The standard InChI is InChI=1S/C14H15F2N3/c1-9-18-7-6-12(19-9)13(17-2)8-10-4-3-5-11(15)14(10)16/h3-7,13,17H,8H2,1-2H3. The minimum Gasteiger partial charge on any atom is -0.311 e. The van der Waals surface area contributed by atoms with Crippen LogP contribution in [0, 0.1) is 18.6 Å². The summed E-state index contributed by atoms with van der Waals surface area (Å²) in [4.78, 5) is 8.33. The third kappa shape index (κ3) is 3.12. The van der Waals surface area contributed by atoms with Crippen LogP contribution in [0.5, 0.6) is 0 Å². The molecule has 1 unspecified atom stereocenters. The molecule has 0 radical (unpaired) electrons. The van der Waals surface area contributed by atoms with E-state index in [2.05, 4.69) is 15.3 Å². The van der Waals surface area contributed by atoms with Crippen LogP contribution in [0.15, 0.2) is 30.5 Å². The topological polar surface area (TPSA) is 37.8 Å². The maximum atomic E-state index is 13.7. The van der Waals surface area contributed by atoms with Crippen LogP contribution in [0.25, 0.3) is 0 Å². The summed E-state index contributed by atoms with van der Waals surface area (Å²) in [7, 11) is 1.76. The van der Waals surface area contributed by atoms with Crippen LogP contribution in [-0.4, -0.2) is 17.0 Å². The molecule has 2 rings (SSSR count).